The molecule has 0 amide bonds. The molecular formula is C7H8N6O2. The Kier molecular flexibility index (Phi) is 1.89. The molecule has 0 bridgehead atoms. The number of nitrogens with zero attached hydrogens (tertiary/aromatic N) is 4. The minimum absolute atomic E-state index is 0.0550. The van der Waals surface area contributed by atoms with E-state index in [1.54, 1.807) is 7.05 Å². The Morgan fingerprint density at radius 1 is 1.67 bits per heavy atom. The Bertz CT molecular complexity index is 494. The number of carboxylic acid groups (broad SMARTS) is 1. The Morgan fingerprint density at radius 3 is 2.93 bits per heavy atom. The Balaban J connectivity index is 2.54. The molecule has 2 aromatic heterocycles. The normalized spacial score (nSPS) is 10.5. The van der Waals surface area contributed by atoms with Crippen LogP contribution in [0.4, 0.5) is 5.95 Å². The van der Waals surface area contributed by atoms with Crippen LogP contribution in [0.2, 0.25) is 0 Å². The lowest BCUT2D eigenvalue weighted by atomic mass is 10.3. The highest BCUT2D eigenvalue weighted by atomic mass is 16.4. The molecule has 0 fully saturated rings. The van der Waals surface area contributed by atoms with Crippen LogP contribution < -0.4 is 5.73 Å². The molecule has 0 aromatic carbocycles. The van der Waals surface area contributed by atoms with Gasteiger partial charge >= 0.3 is 5.97 Å². The number of aromatic carboxylic acids is 1. The molecule has 0 radical (unpaired) electrons. The predicted molar refractivity (Wildman–Crippen MR) is 50.0 cm³/mol. The molecule has 0 saturated carbocycles. The number of rotatable bonds is 2. The molecule has 0 aliphatic rings. The number of carbonyl (C=O) groups is 1. The van der Waals surface area contributed by atoms with Crippen LogP contribution in [0.15, 0.2) is 6.33 Å². The Labute approximate surface area is 83.8 Å². The third-order valence-electron chi connectivity index (χ3n) is 1.86. The molecular weight excluding hydrogens is 200 g/mol. The second kappa shape index (κ2) is 3.08. The topological polar surface area (TPSA) is 123 Å². The fourth-order valence-electron chi connectivity index (χ4n) is 1.12. The van der Waals surface area contributed by atoms with Crippen molar-refractivity contribution in [2.45, 2.75) is 0 Å². The summed E-state index contributed by atoms with van der Waals surface area (Å²) in [6.45, 7) is 0. The van der Waals surface area contributed by atoms with Crippen molar-refractivity contribution >= 4 is 11.9 Å². The van der Waals surface area contributed by atoms with Crippen LogP contribution in [0.5, 0.6) is 0 Å². The number of anilines is 1. The van der Waals surface area contributed by atoms with E-state index in [0.29, 0.717) is 0 Å². The van der Waals surface area contributed by atoms with Gasteiger partial charge in [0.15, 0.2) is 5.69 Å². The van der Waals surface area contributed by atoms with Crippen LogP contribution >= 0.6 is 0 Å². The third-order valence-corrected chi connectivity index (χ3v) is 1.86. The first-order chi connectivity index (χ1) is 7.09. The Morgan fingerprint density at radius 2 is 2.40 bits per heavy atom. The van der Waals surface area contributed by atoms with Gasteiger partial charge in [-0.3, -0.25) is 0 Å². The van der Waals surface area contributed by atoms with E-state index >= 15 is 0 Å². The summed E-state index contributed by atoms with van der Waals surface area (Å²) in [5.74, 6) is -0.730. The third kappa shape index (κ3) is 1.41. The maximum atomic E-state index is 10.8. The molecule has 0 aliphatic carbocycles. The maximum absolute atomic E-state index is 10.8. The molecule has 0 saturated heterocycles. The van der Waals surface area contributed by atoms with Gasteiger partial charge in [0.05, 0.1) is 6.33 Å². The predicted octanol–water partition coefficient (Wildman–Crippen LogP) is -0.514. The first-order valence-electron chi connectivity index (χ1n) is 4.03. The molecule has 2 heterocycles. The number of aromatic amines is 1. The first-order valence-corrected chi connectivity index (χ1v) is 4.03. The lowest BCUT2D eigenvalue weighted by Gasteiger charge is -1.91. The van der Waals surface area contributed by atoms with Crippen molar-refractivity contribution in [2.75, 3.05) is 5.73 Å². The summed E-state index contributed by atoms with van der Waals surface area (Å²) in [6.07, 6.45) is 1.27. The monoisotopic (exact) mass is 208 g/mol. The highest BCUT2D eigenvalue weighted by molar-refractivity contribution is 5.91. The van der Waals surface area contributed by atoms with Crippen molar-refractivity contribution in [3.8, 4) is 11.5 Å². The summed E-state index contributed by atoms with van der Waals surface area (Å²) in [7, 11) is 1.61. The summed E-state index contributed by atoms with van der Waals surface area (Å²) in [6, 6.07) is 0. The van der Waals surface area contributed by atoms with E-state index in [1.807, 2.05) is 0 Å². The number of hydrogen-bond acceptors (Lipinski definition) is 5. The van der Waals surface area contributed by atoms with Gasteiger partial charge in [-0.05, 0) is 0 Å². The molecule has 2 rings (SSSR count). The van der Waals surface area contributed by atoms with Crippen molar-refractivity contribution in [3.63, 3.8) is 0 Å². The van der Waals surface area contributed by atoms with Crippen molar-refractivity contribution in [1.82, 2.24) is 24.7 Å². The van der Waals surface area contributed by atoms with E-state index in [0.717, 1.165) is 0 Å². The van der Waals surface area contributed by atoms with Gasteiger partial charge in [0.2, 0.25) is 11.8 Å². The number of H-pyrrole nitrogens is 1. The highest BCUT2D eigenvalue weighted by Crippen LogP contribution is 2.16. The minimum Gasteiger partial charge on any atom is -0.477 e. The van der Waals surface area contributed by atoms with E-state index in [2.05, 4.69) is 20.1 Å². The van der Waals surface area contributed by atoms with E-state index in [4.69, 9.17) is 10.8 Å². The van der Waals surface area contributed by atoms with Crippen LogP contribution in [-0.2, 0) is 7.05 Å². The molecule has 0 atom stereocenters. The fourth-order valence-corrected chi connectivity index (χ4v) is 1.12. The second-order valence-corrected chi connectivity index (χ2v) is 2.85. The van der Waals surface area contributed by atoms with E-state index in [-0.39, 0.29) is 23.2 Å². The van der Waals surface area contributed by atoms with E-state index < -0.39 is 5.97 Å². The van der Waals surface area contributed by atoms with Gasteiger partial charge in [0.25, 0.3) is 0 Å². The lowest BCUT2D eigenvalue weighted by Crippen LogP contribution is -2.00. The molecule has 4 N–H and O–H groups in total. The summed E-state index contributed by atoms with van der Waals surface area (Å²) in [5.41, 5.74) is 5.60. The van der Waals surface area contributed by atoms with Crippen LogP contribution in [-0.4, -0.2) is 35.8 Å². The standard InChI is InChI=1S/C7H8N6O2/c1-13-7(8)11-5(12-13)3-4(6(14)15)10-2-9-3/h2H,1H3,(H,9,10)(H,14,15)(H2,8,11,12). The number of nitrogen functional groups attached to an aromatic ring is 1. The van der Waals surface area contributed by atoms with Crippen LogP contribution in [0.1, 0.15) is 10.5 Å². The van der Waals surface area contributed by atoms with E-state index in [1.165, 1.54) is 11.0 Å². The average molecular weight is 208 g/mol. The zero-order valence-corrected chi connectivity index (χ0v) is 7.80. The van der Waals surface area contributed by atoms with Crippen molar-refractivity contribution < 1.29 is 9.90 Å². The number of carboxylic acids is 1. The Hall–Kier alpha value is -2.38. The smallest absolute Gasteiger partial charge is 0.354 e. The van der Waals surface area contributed by atoms with Gasteiger partial charge in [-0.1, -0.05) is 0 Å². The SMILES string of the molecule is Cn1nc(-c2nc[nH]c2C(=O)O)nc1N. The van der Waals surface area contributed by atoms with E-state index in [9.17, 15) is 4.79 Å². The number of hydrogen-bond donors (Lipinski definition) is 3. The molecule has 0 spiro atoms. The number of imidazole rings is 1. The van der Waals surface area contributed by atoms with Crippen LogP contribution in [0, 0.1) is 0 Å². The second-order valence-electron chi connectivity index (χ2n) is 2.85. The van der Waals surface area contributed by atoms with Gasteiger partial charge in [-0.2, -0.15) is 4.98 Å². The van der Waals surface area contributed by atoms with Gasteiger partial charge in [-0.25, -0.2) is 14.5 Å². The van der Waals surface area contributed by atoms with Crippen molar-refractivity contribution in [3.05, 3.63) is 12.0 Å². The largest absolute Gasteiger partial charge is 0.477 e. The summed E-state index contributed by atoms with van der Waals surface area (Å²) in [5, 5.41) is 12.8. The summed E-state index contributed by atoms with van der Waals surface area (Å²) >= 11 is 0. The minimum atomic E-state index is -1.12. The number of aryl methyl sites for hydroxylation is 1. The lowest BCUT2D eigenvalue weighted by molar-refractivity contribution is 0.0692. The zero-order chi connectivity index (χ0) is 11.0. The van der Waals surface area contributed by atoms with Crippen LogP contribution in [0.25, 0.3) is 11.5 Å². The highest BCUT2D eigenvalue weighted by Gasteiger charge is 2.18. The molecule has 0 aliphatic heterocycles. The quantitative estimate of drug-likeness (QED) is 0.610. The molecule has 78 valence electrons. The maximum Gasteiger partial charge on any atom is 0.354 e. The number of nitrogens with two attached hydrogens (primary N) is 1. The van der Waals surface area contributed by atoms with Crippen molar-refractivity contribution in [2.24, 2.45) is 7.05 Å². The average Bonchev–Trinajstić information content (AvgIpc) is 2.73. The zero-order valence-electron chi connectivity index (χ0n) is 7.80. The van der Waals surface area contributed by atoms with Gasteiger partial charge < -0.3 is 15.8 Å². The van der Waals surface area contributed by atoms with Gasteiger partial charge in [-0.15, -0.1) is 5.10 Å². The fraction of sp³-hybridized carbons (Fsp3) is 0.143. The molecule has 0 unspecified atom stereocenters. The van der Waals surface area contributed by atoms with Gasteiger partial charge in [0, 0.05) is 7.05 Å². The summed E-state index contributed by atoms with van der Waals surface area (Å²) in [4.78, 5) is 21.0. The number of aromatic nitrogens is 5. The molecule has 8 heteroatoms. The molecule has 15 heavy (non-hydrogen) atoms. The number of nitrogens with one attached hydrogen (secondary N) is 1. The summed E-state index contributed by atoms with van der Waals surface area (Å²) < 4.78 is 1.34. The first kappa shape index (κ1) is 9.19. The molecule has 8 nitrogen and oxygen atoms in total. The van der Waals surface area contributed by atoms with Crippen molar-refractivity contribution in [1.29, 1.82) is 0 Å². The van der Waals surface area contributed by atoms with Crippen LogP contribution in [0.3, 0.4) is 0 Å². The molecule has 2 aromatic rings. The van der Waals surface area contributed by atoms with Gasteiger partial charge in [0.1, 0.15) is 5.69 Å².